The summed E-state index contributed by atoms with van der Waals surface area (Å²) in [6.45, 7) is 15.8. The van der Waals surface area contributed by atoms with Gasteiger partial charge in [-0.2, -0.15) is 0 Å². The molecule has 0 saturated carbocycles. The van der Waals surface area contributed by atoms with Crippen LogP contribution in [0.5, 0.6) is 0 Å². The Morgan fingerprint density at radius 2 is 0.789 bits per heavy atom. The zero-order valence-electron chi connectivity index (χ0n) is 38.9. The normalized spacial score (nSPS) is 13.5. The highest BCUT2D eigenvalue weighted by atomic mass is 16.5. The Morgan fingerprint density at radius 1 is 0.421 bits per heavy atom. The van der Waals surface area contributed by atoms with Crippen molar-refractivity contribution in [2.75, 3.05) is 46.1 Å². The molecule has 0 unspecified atom stereocenters. The van der Waals surface area contributed by atoms with Gasteiger partial charge in [0.25, 0.3) is 0 Å². The molecule has 0 aromatic carbocycles. The molecule has 0 aliphatic carbocycles. The first-order chi connectivity index (χ1) is 28.0. The smallest absolute Gasteiger partial charge is 0.305 e. The number of hydrogen-bond acceptors (Lipinski definition) is 6. The third-order valence-corrected chi connectivity index (χ3v) is 12.7. The molecule has 57 heavy (non-hydrogen) atoms. The molecule has 0 radical (unpaired) electrons. The molecular weight excluding hydrogens is 707 g/mol. The summed E-state index contributed by atoms with van der Waals surface area (Å²) in [7, 11) is 0. The third-order valence-electron chi connectivity index (χ3n) is 12.7. The van der Waals surface area contributed by atoms with Crippen molar-refractivity contribution in [1.82, 2.24) is 4.90 Å². The molecule has 338 valence electrons. The van der Waals surface area contributed by atoms with Crippen LogP contribution in [0.25, 0.3) is 0 Å². The summed E-state index contributed by atoms with van der Waals surface area (Å²) in [5.41, 5.74) is 0. The summed E-state index contributed by atoms with van der Waals surface area (Å²) < 4.78 is 17.6. The second kappa shape index (κ2) is 41.6. The first kappa shape index (κ1) is 53.9. The van der Waals surface area contributed by atoms with Crippen LogP contribution in [0.3, 0.4) is 0 Å². The van der Waals surface area contributed by atoms with E-state index in [9.17, 15) is 9.59 Å². The summed E-state index contributed by atoms with van der Waals surface area (Å²) in [6.07, 6.45) is 41.9. The lowest BCUT2D eigenvalue weighted by molar-refractivity contribution is -0.145. The number of rotatable bonds is 44. The molecule has 0 aromatic heterocycles. The van der Waals surface area contributed by atoms with Crippen molar-refractivity contribution in [3.05, 3.63) is 0 Å². The average molecular weight is 806 g/mol. The van der Waals surface area contributed by atoms with E-state index in [4.69, 9.17) is 14.2 Å². The lowest BCUT2D eigenvalue weighted by Gasteiger charge is -2.18. The van der Waals surface area contributed by atoms with Gasteiger partial charge in [0, 0.05) is 32.6 Å². The molecule has 6 heteroatoms. The summed E-state index contributed by atoms with van der Waals surface area (Å²) in [6, 6.07) is 0. The summed E-state index contributed by atoms with van der Waals surface area (Å²) in [5.74, 6) is 2.09. The number of esters is 2. The van der Waals surface area contributed by atoms with Crippen LogP contribution < -0.4 is 0 Å². The summed E-state index contributed by atoms with van der Waals surface area (Å²) >= 11 is 0. The van der Waals surface area contributed by atoms with Crippen molar-refractivity contribution in [2.24, 2.45) is 17.8 Å². The molecule has 1 heterocycles. The summed E-state index contributed by atoms with van der Waals surface area (Å²) in [5, 5.41) is 0. The van der Waals surface area contributed by atoms with Crippen LogP contribution in [0.15, 0.2) is 0 Å². The maximum Gasteiger partial charge on any atom is 0.305 e. The fourth-order valence-corrected chi connectivity index (χ4v) is 8.84. The molecule has 6 nitrogen and oxygen atoms in total. The predicted molar refractivity (Wildman–Crippen MR) is 244 cm³/mol. The predicted octanol–water partition coefficient (Wildman–Crippen LogP) is 15.0. The quantitative estimate of drug-likeness (QED) is 0.0451. The fourth-order valence-electron chi connectivity index (χ4n) is 8.84. The molecule has 1 saturated heterocycles. The van der Waals surface area contributed by atoms with Gasteiger partial charge in [-0.1, -0.05) is 182 Å². The Kier molecular flexibility index (Phi) is 39.3. The van der Waals surface area contributed by atoms with Crippen molar-refractivity contribution >= 4 is 11.9 Å². The minimum absolute atomic E-state index is 0.00688. The second-order valence-electron chi connectivity index (χ2n) is 18.2. The number of unbranched alkanes of at least 4 members (excludes halogenated alkanes) is 16. The number of nitrogens with zero attached hydrogens (tertiary/aromatic N) is 1. The van der Waals surface area contributed by atoms with Gasteiger partial charge < -0.3 is 19.1 Å². The standard InChI is InChI=1S/C51H99NO5/c1-5-9-19-30-47(31-20-10-6-2)38-44-56-50(53)36-25-17-13-15-23-34-49(46-55-43-29-42-52-40-27-28-41-52)35-24-16-14-18-26-37-51(54)57-45-39-48(32-21-11-7-3)33-22-12-8-4/h47-49H,5-46H2,1-4H3. The highest BCUT2D eigenvalue weighted by Gasteiger charge is 2.14. The Balaban J connectivity index is 2.24. The molecule has 1 aliphatic rings. The van der Waals surface area contributed by atoms with Crippen LogP contribution in [-0.4, -0.2) is 62.9 Å². The van der Waals surface area contributed by atoms with Gasteiger partial charge in [-0.15, -0.1) is 0 Å². The van der Waals surface area contributed by atoms with Gasteiger partial charge >= 0.3 is 11.9 Å². The third kappa shape index (κ3) is 35.3. The minimum Gasteiger partial charge on any atom is -0.466 e. The molecule has 0 spiro atoms. The molecule has 0 N–H and O–H groups in total. The van der Waals surface area contributed by atoms with Gasteiger partial charge in [0.2, 0.25) is 0 Å². The van der Waals surface area contributed by atoms with E-state index < -0.39 is 0 Å². The first-order valence-corrected chi connectivity index (χ1v) is 25.6. The first-order valence-electron chi connectivity index (χ1n) is 25.6. The van der Waals surface area contributed by atoms with Crippen molar-refractivity contribution in [3.63, 3.8) is 0 Å². The molecule has 0 aromatic rings. The van der Waals surface area contributed by atoms with Gasteiger partial charge in [-0.05, 0) is 88.6 Å². The molecule has 0 bridgehead atoms. The number of carbonyl (C=O) groups excluding carboxylic acids is 2. The second-order valence-corrected chi connectivity index (χ2v) is 18.2. The van der Waals surface area contributed by atoms with Crippen molar-refractivity contribution in [2.45, 2.75) is 252 Å². The van der Waals surface area contributed by atoms with Crippen LogP contribution >= 0.6 is 0 Å². The maximum atomic E-state index is 12.4. The van der Waals surface area contributed by atoms with E-state index in [2.05, 4.69) is 32.6 Å². The molecule has 1 aliphatic heterocycles. The van der Waals surface area contributed by atoms with Crippen LogP contribution in [-0.2, 0) is 23.8 Å². The molecule has 1 rings (SSSR count). The SMILES string of the molecule is CCCCCC(CCCCC)CCOC(=O)CCCCCCCC(CCCCCCCC(=O)OCCC(CCCCC)CCCCC)COCCCN1CCCC1. The number of ether oxygens (including phenoxy) is 3. The van der Waals surface area contributed by atoms with E-state index >= 15 is 0 Å². The van der Waals surface area contributed by atoms with E-state index in [0.29, 0.717) is 32.0 Å². The van der Waals surface area contributed by atoms with Crippen molar-refractivity contribution in [1.29, 1.82) is 0 Å². The zero-order valence-corrected chi connectivity index (χ0v) is 38.9. The lowest BCUT2D eigenvalue weighted by Crippen LogP contribution is -2.22. The van der Waals surface area contributed by atoms with E-state index in [1.54, 1.807) is 0 Å². The fraction of sp³-hybridized carbons (Fsp3) is 0.961. The van der Waals surface area contributed by atoms with Crippen LogP contribution in [0.1, 0.15) is 252 Å². The number of carbonyl (C=O) groups is 2. The van der Waals surface area contributed by atoms with Gasteiger partial charge in [-0.3, -0.25) is 9.59 Å². The molecule has 1 fully saturated rings. The van der Waals surface area contributed by atoms with Gasteiger partial charge in [-0.25, -0.2) is 0 Å². The zero-order chi connectivity index (χ0) is 41.3. The number of hydrogen-bond donors (Lipinski definition) is 0. The Bertz CT molecular complexity index is 785. The number of likely N-dealkylation sites (tertiary alicyclic amines) is 1. The molecule has 0 atom stereocenters. The van der Waals surface area contributed by atoms with Gasteiger partial charge in [0.05, 0.1) is 13.2 Å². The Morgan fingerprint density at radius 3 is 1.21 bits per heavy atom. The van der Waals surface area contributed by atoms with E-state index in [0.717, 1.165) is 70.0 Å². The average Bonchev–Trinajstić information content (AvgIpc) is 3.73. The van der Waals surface area contributed by atoms with Gasteiger partial charge in [0.1, 0.15) is 0 Å². The van der Waals surface area contributed by atoms with Crippen LogP contribution in [0.2, 0.25) is 0 Å². The van der Waals surface area contributed by atoms with Crippen molar-refractivity contribution in [3.8, 4) is 0 Å². The Labute approximate surface area is 355 Å². The van der Waals surface area contributed by atoms with Crippen LogP contribution in [0.4, 0.5) is 0 Å². The monoisotopic (exact) mass is 806 g/mol. The lowest BCUT2D eigenvalue weighted by atomic mass is 9.92. The highest BCUT2D eigenvalue weighted by Crippen LogP contribution is 2.24. The largest absolute Gasteiger partial charge is 0.466 e. The minimum atomic E-state index is 0.00688. The van der Waals surface area contributed by atoms with E-state index in [1.165, 1.54) is 187 Å². The van der Waals surface area contributed by atoms with Crippen LogP contribution in [0, 0.1) is 17.8 Å². The molecule has 0 amide bonds. The Hall–Kier alpha value is -1.14. The highest BCUT2D eigenvalue weighted by molar-refractivity contribution is 5.69. The topological polar surface area (TPSA) is 65.1 Å². The van der Waals surface area contributed by atoms with Gasteiger partial charge in [0.15, 0.2) is 0 Å². The summed E-state index contributed by atoms with van der Waals surface area (Å²) in [4.78, 5) is 27.4. The van der Waals surface area contributed by atoms with Crippen molar-refractivity contribution < 1.29 is 23.8 Å². The maximum absolute atomic E-state index is 12.4. The van der Waals surface area contributed by atoms with E-state index in [-0.39, 0.29) is 11.9 Å². The molecular formula is C51H99NO5. The van der Waals surface area contributed by atoms with E-state index in [1.807, 2.05) is 0 Å².